The Balaban J connectivity index is 1.99. The molecule has 2 aromatic rings. The zero-order valence-electron chi connectivity index (χ0n) is 13.4. The van der Waals surface area contributed by atoms with Crippen LogP contribution in [-0.4, -0.2) is 34.3 Å². The van der Waals surface area contributed by atoms with Crippen LogP contribution in [0.5, 0.6) is 5.75 Å². The summed E-state index contributed by atoms with van der Waals surface area (Å²) in [5, 5.41) is 22.3. The van der Waals surface area contributed by atoms with Crippen molar-refractivity contribution < 1.29 is 15.0 Å². The average molecular weight is 314 g/mol. The number of hydrogen-bond donors (Lipinski definition) is 3. The fourth-order valence-electron chi connectivity index (χ4n) is 2.33. The predicted molar refractivity (Wildman–Crippen MR) is 88.4 cm³/mol. The first kappa shape index (κ1) is 17.0. The number of hydrogen-bond acceptors (Lipinski definition) is 4. The highest BCUT2D eigenvalue weighted by Gasteiger charge is 2.16. The van der Waals surface area contributed by atoms with E-state index < -0.39 is 0 Å². The van der Waals surface area contributed by atoms with Gasteiger partial charge in [-0.05, 0) is 49.6 Å². The molecular weight excluding hydrogens is 292 g/mol. The molecule has 0 aliphatic carbocycles. The van der Waals surface area contributed by atoms with Crippen LogP contribution >= 0.6 is 0 Å². The van der Waals surface area contributed by atoms with Gasteiger partial charge in [0.05, 0.1) is 5.56 Å². The van der Waals surface area contributed by atoms with Crippen LogP contribution in [0.3, 0.4) is 0 Å². The number of nitrogens with one attached hydrogen (secondary N) is 1. The van der Waals surface area contributed by atoms with Crippen molar-refractivity contribution in [3.05, 3.63) is 58.9 Å². The molecule has 0 saturated heterocycles. The van der Waals surface area contributed by atoms with Gasteiger partial charge in [-0.1, -0.05) is 12.1 Å². The number of aromatic nitrogens is 1. The van der Waals surface area contributed by atoms with Crippen LogP contribution < -0.4 is 5.32 Å². The van der Waals surface area contributed by atoms with E-state index in [0.717, 1.165) is 11.3 Å². The molecule has 5 heteroatoms. The molecule has 1 unspecified atom stereocenters. The number of phenols is 1. The van der Waals surface area contributed by atoms with Crippen LogP contribution in [0, 0.1) is 19.8 Å². The van der Waals surface area contributed by atoms with Gasteiger partial charge in [-0.15, -0.1) is 0 Å². The number of pyridine rings is 1. The molecule has 3 N–H and O–H groups in total. The van der Waals surface area contributed by atoms with Crippen molar-refractivity contribution in [1.82, 2.24) is 10.3 Å². The Kier molecular flexibility index (Phi) is 5.71. The third kappa shape index (κ3) is 4.29. The van der Waals surface area contributed by atoms with Gasteiger partial charge < -0.3 is 15.5 Å². The first-order valence-corrected chi connectivity index (χ1v) is 7.61. The van der Waals surface area contributed by atoms with Gasteiger partial charge in [-0.25, -0.2) is 0 Å². The number of nitrogens with zero attached hydrogens (tertiary/aromatic N) is 1. The van der Waals surface area contributed by atoms with E-state index in [0.29, 0.717) is 18.5 Å². The fourth-order valence-corrected chi connectivity index (χ4v) is 2.33. The fraction of sp³-hybridized carbons (Fsp3) is 0.333. The number of carbonyl (C=O) groups is 1. The topological polar surface area (TPSA) is 82.5 Å². The number of rotatable bonds is 6. The van der Waals surface area contributed by atoms with Crippen LogP contribution in [0.1, 0.15) is 27.2 Å². The Morgan fingerprint density at radius 3 is 2.70 bits per heavy atom. The Morgan fingerprint density at radius 2 is 2.04 bits per heavy atom. The first-order chi connectivity index (χ1) is 11.0. The SMILES string of the molecule is Cc1ccc(C(=O)NCC(CO)Cc2ccccn2)c(O)c1C. The zero-order chi connectivity index (χ0) is 16.8. The Labute approximate surface area is 136 Å². The molecule has 0 spiro atoms. The number of benzene rings is 1. The molecule has 0 fully saturated rings. The smallest absolute Gasteiger partial charge is 0.255 e. The van der Waals surface area contributed by atoms with Gasteiger partial charge in [-0.3, -0.25) is 9.78 Å². The number of phenolic OH excluding ortho intramolecular Hbond substituents is 1. The highest BCUT2D eigenvalue weighted by molar-refractivity contribution is 5.97. The van der Waals surface area contributed by atoms with Crippen molar-refractivity contribution in [2.24, 2.45) is 5.92 Å². The minimum Gasteiger partial charge on any atom is -0.507 e. The lowest BCUT2D eigenvalue weighted by atomic mass is 10.0. The summed E-state index contributed by atoms with van der Waals surface area (Å²) in [4.78, 5) is 16.5. The summed E-state index contributed by atoms with van der Waals surface area (Å²) in [5.41, 5.74) is 2.75. The summed E-state index contributed by atoms with van der Waals surface area (Å²) in [6.45, 7) is 3.93. The summed E-state index contributed by atoms with van der Waals surface area (Å²) in [5.74, 6) is -0.458. The number of aromatic hydroxyl groups is 1. The van der Waals surface area contributed by atoms with Crippen molar-refractivity contribution in [3.63, 3.8) is 0 Å². The van der Waals surface area contributed by atoms with Crippen LogP contribution in [0.4, 0.5) is 0 Å². The van der Waals surface area contributed by atoms with E-state index in [-0.39, 0.29) is 29.7 Å². The van der Waals surface area contributed by atoms with Crippen LogP contribution in [0.25, 0.3) is 0 Å². The monoisotopic (exact) mass is 314 g/mol. The molecule has 1 heterocycles. The van der Waals surface area contributed by atoms with Gasteiger partial charge in [-0.2, -0.15) is 0 Å². The molecule has 122 valence electrons. The summed E-state index contributed by atoms with van der Waals surface area (Å²) < 4.78 is 0. The Morgan fingerprint density at radius 1 is 1.26 bits per heavy atom. The first-order valence-electron chi connectivity index (χ1n) is 7.61. The van der Waals surface area contributed by atoms with E-state index >= 15 is 0 Å². The molecule has 1 aromatic carbocycles. The molecule has 1 amide bonds. The van der Waals surface area contributed by atoms with Crippen molar-refractivity contribution in [1.29, 1.82) is 0 Å². The predicted octanol–water partition coefficient (Wildman–Crippen LogP) is 1.99. The van der Waals surface area contributed by atoms with E-state index in [4.69, 9.17) is 0 Å². The van der Waals surface area contributed by atoms with Gasteiger partial charge >= 0.3 is 0 Å². The van der Waals surface area contributed by atoms with Crippen LogP contribution in [0.15, 0.2) is 36.5 Å². The second kappa shape index (κ2) is 7.74. The molecule has 1 atom stereocenters. The molecule has 0 aliphatic heterocycles. The maximum Gasteiger partial charge on any atom is 0.255 e. The molecule has 0 aliphatic rings. The lowest BCUT2D eigenvalue weighted by molar-refractivity contribution is 0.0937. The van der Waals surface area contributed by atoms with Gasteiger partial charge in [0.1, 0.15) is 5.75 Å². The van der Waals surface area contributed by atoms with Crippen LogP contribution in [0.2, 0.25) is 0 Å². The van der Waals surface area contributed by atoms with Crippen molar-refractivity contribution >= 4 is 5.91 Å². The second-order valence-corrected chi connectivity index (χ2v) is 5.69. The minimum atomic E-state index is -0.343. The van der Waals surface area contributed by atoms with Gasteiger partial charge in [0, 0.05) is 31.0 Å². The molecule has 1 aromatic heterocycles. The normalized spacial score (nSPS) is 12.0. The second-order valence-electron chi connectivity index (χ2n) is 5.69. The van der Waals surface area contributed by atoms with Crippen molar-refractivity contribution in [3.8, 4) is 5.75 Å². The standard InChI is InChI=1S/C18H22N2O3/c1-12-6-7-16(17(22)13(12)2)18(23)20-10-14(11-21)9-15-5-3-4-8-19-15/h3-8,14,21-22H,9-11H2,1-2H3,(H,20,23). The quantitative estimate of drug-likeness (QED) is 0.761. The van der Waals surface area contributed by atoms with E-state index in [1.807, 2.05) is 25.1 Å². The maximum absolute atomic E-state index is 12.2. The van der Waals surface area contributed by atoms with Crippen molar-refractivity contribution in [2.75, 3.05) is 13.2 Å². The summed E-state index contributed by atoms with van der Waals surface area (Å²) >= 11 is 0. The van der Waals surface area contributed by atoms with E-state index in [1.165, 1.54) is 0 Å². The number of carbonyl (C=O) groups excluding carboxylic acids is 1. The molecule has 0 radical (unpaired) electrons. The largest absolute Gasteiger partial charge is 0.507 e. The molecule has 0 saturated carbocycles. The minimum absolute atomic E-state index is 0.00720. The molecular formula is C18H22N2O3. The number of amides is 1. The zero-order valence-corrected chi connectivity index (χ0v) is 13.4. The lowest BCUT2D eigenvalue weighted by Crippen LogP contribution is -2.32. The highest BCUT2D eigenvalue weighted by Crippen LogP contribution is 2.24. The van der Waals surface area contributed by atoms with E-state index in [9.17, 15) is 15.0 Å². The number of aliphatic hydroxyl groups excluding tert-OH is 1. The Bertz CT molecular complexity index is 671. The third-order valence-electron chi connectivity index (χ3n) is 3.98. The number of aryl methyl sites for hydroxylation is 1. The Hall–Kier alpha value is -2.40. The summed E-state index contributed by atoms with van der Waals surface area (Å²) in [6.07, 6.45) is 2.28. The average Bonchev–Trinajstić information content (AvgIpc) is 2.57. The molecule has 5 nitrogen and oxygen atoms in total. The van der Waals surface area contributed by atoms with Gasteiger partial charge in [0.2, 0.25) is 0 Å². The van der Waals surface area contributed by atoms with Crippen molar-refractivity contribution in [2.45, 2.75) is 20.3 Å². The highest BCUT2D eigenvalue weighted by atomic mass is 16.3. The summed E-state index contributed by atoms with van der Waals surface area (Å²) in [6, 6.07) is 9.03. The van der Waals surface area contributed by atoms with Crippen LogP contribution in [-0.2, 0) is 6.42 Å². The van der Waals surface area contributed by atoms with E-state index in [1.54, 1.807) is 25.3 Å². The lowest BCUT2D eigenvalue weighted by Gasteiger charge is -2.15. The summed E-state index contributed by atoms with van der Waals surface area (Å²) in [7, 11) is 0. The molecule has 23 heavy (non-hydrogen) atoms. The molecule has 0 bridgehead atoms. The maximum atomic E-state index is 12.2. The molecule has 2 rings (SSSR count). The van der Waals surface area contributed by atoms with Gasteiger partial charge in [0.15, 0.2) is 0 Å². The third-order valence-corrected chi connectivity index (χ3v) is 3.98. The van der Waals surface area contributed by atoms with Gasteiger partial charge in [0.25, 0.3) is 5.91 Å². The number of aliphatic hydroxyl groups is 1. The van der Waals surface area contributed by atoms with E-state index in [2.05, 4.69) is 10.3 Å².